The Morgan fingerprint density at radius 3 is 2.52 bits per heavy atom. The van der Waals surface area contributed by atoms with Crippen LogP contribution >= 0.6 is 0 Å². The van der Waals surface area contributed by atoms with Gasteiger partial charge in [-0.3, -0.25) is 4.90 Å². The van der Waals surface area contributed by atoms with Crippen molar-refractivity contribution in [2.24, 2.45) is 7.05 Å². The summed E-state index contributed by atoms with van der Waals surface area (Å²) in [6, 6.07) is 9.13. The van der Waals surface area contributed by atoms with Crippen molar-refractivity contribution in [3.8, 4) is 11.4 Å². The van der Waals surface area contributed by atoms with Crippen LogP contribution in [0.5, 0.6) is 0 Å². The number of hydrogen-bond acceptors (Lipinski definition) is 4. The first-order valence-corrected chi connectivity index (χ1v) is 8.21. The minimum atomic E-state index is 0.479. The van der Waals surface area contributed by atoms with Crippen molar-refractivity contribution >= 4 is 11.2 Å². The summed E-state index contributed by atoms with van der Waals surface area (Å²) in [5, 5.41) is 0. The zero-order valence-corrected chi connectivity index (χ0v) is 13.6. The third kappa shape index (κ3) is 2.61. The third-order valence-electron chi connectivity index (χ3n) is 4.79. The van der Waals surface area contributed by atoms with E-state index in [4.69, 9.17) is 0 Å². The molecule has 23 heavy (non-hydrogen) atoms. The fraction of sp³-hybridized carbons (Fsp3) is 0.389. The molecule has 0 aliphatic carbocycles. The van der Waals surface area contributed by atoms with Gasteiger partial charge in [0, 0.05) is 18.7 Å². The maximum atomic E-state index is 4.64. The second-order valence-corrected chi connectivity index (χ2v) is 6.30. The maximum Gasteiger partial charge on any atom is 0.163 e. The number of nitrogens with zero attached hydrogens (tertiary/aromatic N) is 5. The number of likely N-dealkylation sites (tertiary alicyclic amines) is 1. The lowest BCUT2D eigenvalue weighted by atomic mass is 10.0. The van der Waals surface area contributed by atoms with Crippen LogP contribution in [0.25, 0.3) is 22.6 Å². The average molecular weight is 307 g/mol. The maximum absolute atomic E-state index is 4.64. The molecule has 1 saturated heterocycles. The summed E-state index contributed by atoms with van der Waals surface area (Å²) in [6.07, 6.45) is 6.20. The summed E-state index contributed by atoms with van der Waals surface area (Å²) in [6.45, 7) is 4.71. The van der Waals surface area contributed by atoms with Crippen LogP contribution in [0.4, 0.5) is 0 Å². The van der Waals surface area contributed by atoms with E-state index in [1.807, 2.05) is 11.6 Å². The van der Waals surface area contributed by atoms with Gasteiger partial charge in [-0.25, -0.2) is 15.0 Å². The molecule has 118 valence electrons. The number of aryl methyl sites for hydroxylation is 1. The van der Waals surface area contributed by atoms with E-state index in [9.17, 15) is 0 Å². The summed E-state index contributed by atoms with van der Waals surface area (Å²) in [4.78, 5) is 15.9. The van der Waals surface area contributed by atoms with Gasteiger partial charge in [0.05, 0.1) is 12.5 Å². The number of benzene rings is 1. The predicted molar refractivity (Wildman–Crippen MR) is 91.0 cm³/mol. The van der Waals surface area contributed by atoms with Gasteiger partial charge in [0.1, 0.15) is 5.52 Å². The van der Waals surface area contributed by atoms with Gasteiger partial charge in [0.25, 0.3) is 0 Å². The van der Waals surface area contributed by atoms with Crippen LogP contribution in [-0.2, 0) is 7.05 Å². The molecule has 1 fully saturated rings. The van der Waals surface area contributed by atoms with Crippen LogP contribution in [0.1, 0.15) is 31.4 Å². The molecule has 0 amide bonds. The highest BCUT2D eigenvalue weighted by molar-refractivity contribution is 5.72. The highest BCUT2D eigenvalue weighted by atomic mass is 15.2. The van der Waals surface area contributed by atoms with Crippen LogP contribution in [0.3, 0.4) is 0 Å². The van der Waals surface area contributed by atoms with Crippen molar-refractivity contribution in [3.05, 3.63) is 42.4 Å². The van der Waals surface area contributed by atoms with Crippen LogP contribution in [0.15, 0.2) is 36.8 Å². The number of imidazole rings is 1. The molecule has 1 atom stereocenters. The molecular weight excluding hydrogens is 286 g/mol. The van der Waals surface area contributed by atoms with Gasteiger partial charge >= 0.3 is 0 Å². The van der Waals surface area contributed by atoms with Gasteiger partial charge in [0.15, 0.2) is 11.5 Å². The first kappa shape index (κ1) is 14.3. The van der Waals surface area contributed by atoms with Crippen LogP contribution < -0.4 is 0 Å². The monoisotopic (exact) mass is 307 g/mol. The number of fused-ring (bicyclic) bond motifs is 1. The summed E-state index contributed by atoms with van der Waals surface area (Å²) in [5.74, 6) is 0.751. The first-order valence-electron chi connectivity index (χ1n) is 8.21. The molecule has 0 bridgehead atoms. The Labute approximate surface area is 136 Å². The second kappa shape index (κ2) is 5.74. The van der Waals surface area contributed by atoms with Gasteiger partial charge < -0.3 is 4.57 Å². The van der Waals surface area contributed by atoms with E-state index in [0.717, 1.165) is 22.6 Å². The molecule has 0 N–H and O–H groups in total. The largest absolute Gasteiger partial charge is 0.318 e. The molecule has 4 rings (SSSR count). The average Bonchev–Trinajstić information content (AvgIpc) is 3.25. The Balaban J connectivity index is 1.62. The standard InChI is InChI=1S/C18H21N5/c1-13(23-9-3-4-10-23)14-5-7-15(8-6-14)17-19-11-16-18(21-17)22(2)12-20-16/h5-8,11-13H,3-4,9-10H2,1-2H3. The minimum Gasteiger partial charge on any atom is -0.318 e. The molecule has 1 aliphatic heterocycles. The molecule has 2 aromatic heterocycles. The van der Waals surface area contributed by atoms with E-state index in [1.54, 1.807) is 12.5 Å². The summed E-state index contributed by atoms with van der Waals surface area (Å²) in [5.41, 5.74) is 4.10. The van der Waals surface area contributed by atoms with Crippen molar-refractivity contribution in [1.29, 1.82) is 0 Å². The first-order chi connectivity index (χ1) is 11.2. The number of aromatic nitrogens is 4. The summed E-state index contributed by atoms with van der Waals surface area (Å²) >= 11 is 0. The van der Waals surface area contributed by atoms with Gasteiger partial charge in [-0.15, -0.1) is 0 Å². The van der Waals surface area contributed by atoms with Crippen LogP contribution in [-0.4, -0.2) is 37.5 Å². The third-order valence-corrected chi connectivity index (χ3v) is 4.79. The molecular formula is C18H21N5. The van der Waals surface area contributed by atoms with Crippen molar-refractivity contribution in [3.63, 3.8) is 0 Å². The van der Waals surface area contributed by atoms with Crippen molar-refractivity contribution in [2.45, 2.75) is 25.8 Å². The van der Waals surface area contributed by atoms with Crippen LogP contribution in [0.2, 0.25) is 0 Å². The summed E-state index contributed by atoms with van der Waals surface area (Å²) in [7, 11) is 1.95. The molecule has 0 saturated carbocycles. The Morgan fingerprint density at radius 1 is 1.04 bits per heavy atom. The molecule has 5 nitrogen and oxygen atoms in total. The van der Waals surface area contributed by atoms with Gasteiger partial charge in [-0.1, -0.05) is 24.3 Å². The van der Waals surface area contributed by atoms with Crippen LogP contribution in [0, 0.1) is 0 Å². The molecule has 1 aliphatic rings. The van der Waals surface area contributed by atoms with Crippen molar-refractivity contribution in [2.75, 3.05) is 13.1 Å². The molecule has 3 heterocycles. The predicted octanol–water partition coefficient (Wildman–Crippen LogP) is 3.19. The lowest BCUT2D eigenvalue weighted by Gasteiger charge is -2.24. The molecule has 0 spiro atoms. The smallest absolute Gasteiger partial charge is 0.163 e. The minimum absolute atomic E-state index is 0.479. The van der Waals surface area contributed by atoms with E-state index < -0.39 is 0 Å². The zero-order chi connectivity index (χ0) is 15.8. The Kier molecular flexibility index (Phi) is 3.58. The number of hydrogen-bond donors (Lipinski definition) is 0. The Bertz CT molecular complexity index is 815. The lowest BCUT2D eigenvalue weighted by Crippen LogP contribution is -2.23. The SMILES string of the molecule is CC(c1ccc(-c2ncc3ncn(C)c3n2)cc1)N1CCCC1. The molecule has 1 unspecified atom stereocenters. The molecule has 1 aromatic carbocycles. The van der Waals surface area contributed by atoms with E-state index in [1.165, 1.54) is 31.5 Å². The highest BCUT2D eigenvalue weighted by Crippen LogP contribution is 2.26. The van der Waals surface area contributed by atoms with E-state index in [2.05, 4.69) is 51.0 Å². The lowest BCUT2D eigenvalue weighted by molar-refractivity contribution is 0.263. The van der Waals surface area contributed by atoms with Gasteiger partial charge in [-0.2, -0.15) is 0 Å². The normalized spacial score (nSPS) is 17.0. The molecule has 0 radical (unpaired) electrons. The fourth-order valence-corrected chi connectivity index (χ4v) is 3.31. The van der Waals surface area contributed by atoms with E-state index in [0.29, 0.717) is 6.04 Å². The van der Waals surface area contributed by atoms with E-state index >= 15 is 0 Å². The molecule has 3 aromatic rings. The Morgan fingerprint density at radius 2 is 1.78 bits per heavy atom. The zero-order valence-electron chi connectivity index (χ0n) is 13.6. The number of rotatable bonds is 3. The highest BCUT2D eigenvalue weighted by Gasteiger charge is 2.19. The fourth-order valence-electron chi connectivity index (χ4n) is 3.31. The second-order valence-electron chi connectivity index (χ2n) is 6.30. The van der Waals surface area contributed by atoms with Gasteiger partial charge in [-0.05, 0) is 38.4 Å². The van der Waals surface area contributed by atoms with Gasteiger partial charge in [0.2, 0.25) is 0 Å². The quantitative estimate of drug-likeness (QED) is 0.745. The molecule has 5 heteroatoms. The topological polar surface area (TPSA) is 46.8 Å². The van der Waals surface area contributed by atoms with Crippen molar-refractivity contribution in [1.82, 2.24) is 24.4 Å². The van der Waals surface area contributed by atoms with E-state index in [-0.39, 0.29) is 0 Å². The Hall–Kier alpha value is -2.27. The summed E-state index contributed by atoms with van der Waals surface area (Å²) < 4.78 is 1.92. The van der Waals surface area contributed by atoms with Crippen molar-refractivity contribution < 1.29 is 0 Å².